The Bertz CT molecular complexity index is 931. The third kappa shape index (κ3) is 3.78. The molecule has 0 bridgehead atoms. The largest absolute Gasteiger partial charge is 0.378 e. The van der Waals surface area contributed by atoms with E-state index in [0.717, 1.165) is 27.9 Å². The van der Waals surface area contributed by atoms with Crippen LogP contribution in [0.2, 0.25) is 0 Å². The maximum Gasteiger partial charge on any atom is 0.221 e. The van der Waals surface area contributed by atoms with Gasteiger partial charge in [-0.15, -0.1) is 0 Å². The fourth-order valence-corrected chi connectivity index (χ4v) is 3.39. The zero-order valence-electron chi connectivity index (χ0n) is 16.1. The number of anilines is 1. The number of aryl methyl sites for hydroxylation is 1. The molecular weight excluding hydrogens is 338 g/mol. The first kappa shape index (κ1) is 18.9. The van der Waals surface area contributed by atoms with Crippen LogP contribution in [0.4, 0.5) is 5.69 Å². The van der Waals surface area contributed by atoms with Crippen LogP contribution < -0.4 is 5.32 Å². The monoisotopic (exact) mass is 363 g/mol. The molecule has 140 valence electrons. The summed E-state index contributed by atoms with van der Waals surface area (Å²) in [5.41, 5.74) is 4.11. The zero-order valence-corrected chi connectivity index (χ0v) is 16.1. The van der Waals surface area contributed by atoms with Crippen molar-refractivity contribution in [3.63, 3.8) is 0 Å². The number of amides is 1. The van der Waals surface area contributed by atoms with Gasteiger partial charge in [0.2, 0.25) is 5.91 Å². The molecule has 2 aromatic carbocycles. The molecule has 0 aliphatic carbocycles. The summed E-state index contributed by atoms with van der Waals surface area (Å²) in [5, 5.41) is 14.2. The van der Waals surface area contributed by atoms with E-state index in [1.165, 1.54) is 6.92 Å². The van der Waals surface area contributed by atoms with Crippen LogP contribution in [0.5, 0.6) is 0 Å². The van der Waals surface area contributed by atoms with Crippen molar-refractivity contribution in [3.05, 3.63) is 71.8 Å². The molecule has 3 aromatic rings. The normalized spacial score (nSPS) is 13.4. The summed E-state index contributed by atoms with van der Waals surface area (Å²) in [7, 11) is 0. The van der Waals surface area contributed by atoms with E-state index < -0.39 is 5.60 Å². The number of aliphatic hydroxyl groups is 1. The SMILES string of the molecule is CC(=O)Nc1cc(C)cc(-c2ccc(C(O)(c3c[nH]cn3)C(C)C)cc2)c1. The maximum absolute atomic E-state index is 11.4. The van der Waals surface area contributed by atoms with Crippen LogP contribution in [-0.4, -0.2) is 21.0 Å². The topological polar surface area (TPSA) is 78.0 Å². The minimum absolute atomic E-state index is 0.0445. The van der Waals surface area contributed by atoms with Gasteiger partial charge in [-0.05, 0) is 47.2 Å². The van der Waals surface area contributed by atoms with Gasteiger partial charge < -0.3 is 15.4 Å². The lowest BCUT2D eigenvalue weighted by molar-refractivity contribution is -0.114. The van der Waals surface area contributed by atoms with Gasteiger partial charge in [0.05, 0.1) is 12.0 Å². The summed E-state index contributed by atoms with van der Waals surface area (Å²) >= 11 is 0. The summed E-state index contributed by atoms with van der Waals surface area (Å²) in [6.07, 6.45) is 3.31. The van der Waals surface area contributed by atoms with Gasteiger partial charge in [0.15, 0.2) is 0 Å². The van der Waals surface area contributed by atoms with Crippen LogP contribution in [-0.2, 0) is 10.4 Å². The number of imidazole rings is 1. The molecule has 3 N–H and O–H groups in total. The molecule has 0 fully saturated rings. The van der Waals surface area contributed by atoms with Crippen LogP contribution in [0.25, 0.3) is 11.1 Å². The zero-order chi connectivity index (χ0) is 19.6. The minimum atomic E-state index is -1.16. The van der Waals surface area contributed by atoms with E-state index in [4.69, 9.17) is 0 Å². The van der Waals surface area contributed by atoms with Gasteiger partial charge in [-0.3, -0.25) is 4.79 Å². The van der Waals surface area contributed by atoms with Gasteiger partial charge in [0.25, 0.3) is 0 Å². The molecule has 5 heteroatoms. The van der Waals surface area contributed by atoms with Crippen LogP contribution >= 0.6 is 0 Å². The van der Waals surface area contributed by atoms with E-state index >= 15 is 0 Å². The van der Waals surface area contributed by atoms with Crippen LogP contribution in [0.15, 0.2) is 55.0 Å². The Kier molecular flexibility index (Phi) is 5.15. The Morgan fingerprint density at radius 3 is 2.41 bits per heavy atom. The molecule has 27 heavy (non-hydrogen) atoms. The Hall–Kier alpha value is -2.92. The first-order valence-electron chi connectivity index (χ1n) is 9.02. The molecule has 0 spiro atoms. The number of rotatable bonds is 5. The smallest absolute Gasteiger partial charge is 0.221 e. The van der Waals surface area contributed by atoms with Crippen molar-refractivity contribution < 1.29 is 9.90 Å². The molecule has 1 aromatic heterocycles. The number of nitrogens with one attached hydrogen (secondary N) is 2. The Balaban J connectivity index is 1.98. The van der Waals surface area contributed by atoms with Crippen LogP contribution in [0, 0.1) is 12.8 Å². The second kappa shape index (κ2) is 7.37. The van der Waals surface area contributed by atoms with E-state index in [1.54, 1.807) is 12.5 Å². The lowest BCUT2D eigenvalue weighted by Gasteiger charge is -2.31. The number of nitrogens with zero attached hydrogens (tertiary/aromatic N) is 1. The van der Waals surface area contributed by atoms with Crippen LogP contribution in [0.3, 0.4) is 0 Å². The molecule has 5 nitrogen and oxygen atoms in total. The molecule has 1 unspecified atom stereocenters. The van der Waals surface area contributed by atoms with Crippen molar-refractivity contribution in [1.82, 2.24) is 9.97 Å². The highest BCUT2D eigenvalue weighted by molar-refractivity contribution is 5.89. The molecule has 0 aliphatic heterocycles. The van der Waals surface area contributed by atoms with Gasteiger partial charge >= 0.3 is 0 Å². The highest BCUT2D eigenvalue weighted by Gasteiger charge is 2.37. The number of carbonyl (C=O) groups is 1. The number of hydrogen-bond acceptors (Lipinski definition) is 3. The van der Waals surface area contributed by atoms with E-state index in [0.29, 0.717) is 5.69 Å². The lowest BCUT2D eigenvalue weighted by Crippen LogP contribution is -2.33. The van der Waals surface area contributed by atoms with Gasteiger partial charge in [-0.25, -0.2) is 4.98 Å². The van der Waals surface area contributed by atoms with E-state index in [1.807, 2.05) is 57.2 Å². The quantitative estimate of drug-likeness (QED) is 0.634. The molecule has 1 heterocycles. The van der Waals surface area contributed by atoms with Crippen molar-refractivity contribution in [2.45, 2.75) is 33.3 Å². The molecule has 1 atom stereocenters. The summed E-state index contributed by atoms with van der Waals surface area (Å²) < 4.78 is 0. The average molecular weight is 363 g/mol. The first-order valence-corrected chi connectivity index (χ1v) is 9.02. The molecule has 0 saturated carbocycles. The average Bonchev–Trinajstić information content (AvgIpc) is 3.15. The second-order valence-corrected chi connectivity index (χ2v) is 7.22. The molecule has 0 saturated heterocycles. The third-order valence-corrected chi connectivity index (χ3v) is 4.78. The van der Waals surface area contributed by atoms with E-state index in [2.05, 4.69) is 21.4 Å². The number of benzene rings is 2. The fraction of sp³-hybridized carbons (Fsp3) is 0.273. The number of carbonyl (C=O) groups excluding carboxylic acids is 1. The van der Waals surface area contributed by atoms with Crippen LogP contribution in [0.1, 0.15) is 37.6 Å². The molecule has 1 amide bonds. The van der Waals surface area contributed by atoms with Crippen molar-refractivity contribution in [2.75, 3.05) is 5.32 Å². The molecular formula is C22H25N3O2. The number of aromatic amines is 1. The summed E-state index contributed by atoms with van der Waals surface area (Å²) in [4.78, 5) is 18.5. The maximum atomic E-state index is 11.4. The predicted octanol–water partition coefficient (Wildman–Crippen LogP) is 4.24. The van der Waals surface area contributed by atoms with Crippen molar-refractivity contribution in [2.24, 2.45) is 5.92 Å². The number of H-pyrrole nitrogens is 1. The van der Waals surface area contributed by atoms with Gasteiger partial charge in [-0.2, -0.15) is 0 Å². The number of hydrogen-bond donors (Lipinski definition) is 3. The Labute approximate surface area is 159 Å². The molecule has 0 aliphatic rings. The summed E-state index contributed by atoms with van der Waals surface area (Å²) in [6.45, 7) is 7.45. The van der Waals surface area contributed by atoms with Gasteiger partial charge in [0, 0.05) is 18.8 Å². The van der Waals surface area contributed by atoms with Gasteiger partial charge in [-0.1, -0.05) is 44.2 Å². The minimum Gasteiger partial charge on any atom is -0.378 e. The Morgan fingerprint density at radius 2 is 1.85 bits per heavy atom. The summed E-state index contributed by atoms with van der Waals surface area (Å²) in [6, 6.07) is 13.8. The van der Waals surface area contributed by atoms with Crippen molar-refractivity contribution >= 4 is 11.6 Å². The van der Waals surface area contributed by atoms with Gasteiger partial charge in [0.1, 0.15) is 5.60 Å². The van der Waals surface area contributed by atoms with E-state index in [9.17, 15) is 9.90 Å². The molecule has 0 radical (unpaired) electrons. The number of aromatic nitrogens is 2. The van der Waals surface area contributed by atoms with E-state index in [-0.39, 0.29) is 11.8 Å². The first-order chi connectivity index (χ1) is 12.8. The second-order valence-electron chi connectivity index (χ2n) is 7.22. The fourth-order valence-electron chi connectivity index (χ4n) is 3.39. The third-order valence-electron chi connectivity index (χ3n) is 4.78. The van der Waals surface area contributed by atoms with Crippen molar-refractivity contribution in [1.29, 1.82) is 0 Å². The predicted molar refractivity (Wildman–Crippen MR) is 107 cm³/mol. The summed E-state index contributed by atoms with van der Waals surface area (Å²) in [5.74, 6) is -0.139. The van der Waals surface area contributed by atoms with Crippen molar-refractivity contribution in [3.8, 4) is 11.1 Å². The highest BCUT2D eigenvalue weighted by Crippen LogP contribution is 2.36. The highest BCUT2D eigenvalue weighted by atomic mass is 16.3. The standard InChI is InChI=1S/C22H25N3O2/c1-14(2)22(27,21-12-23-13-24-21)19-7-5-17(6-8-19)18-9-15(3)10-20(11-18)25-16(4)26/h5-14,27H,1-4H3,(H,23,24)(H,25,26). The lowest BCUT2D eigenvalue weighted by atomic mass is 9.80. The Morgan fingerprint density at radius 1 is 1.15 bits per heavy atom. The molecule has 3 rings (SSSR count).